The summed E-state index contributed by atoms with van der Waals surface area (Å²) in [5, 5.41) is 3.00. The Morgan fingerprint density at radius 3 is 2.63 bits per heavy atom. The number of ether oxygens (including phenoxy) is 1. The molecule has 1 aromatic carbocycles. The van der Waals surface area contributed by atoms with E-state index in [1.165, 1.54) is 29.1 Å². The molecule has 0 fully saturated rings. The van der Waals surface area contributed by atoms with Gasteiger partial charge in [-0.1, -0.05) is 0 Å². The van der Waals surface area contributed by atoms with Gasteiger partial charge in [-0.25, -0.2) is 15.0 Å². The number of fused-ring (bicyclic) bond motifs is 1. The molecular weight excluding hydrogens is 361 g/mol. The molecule has 0 unspecified atom stereocenters. The molecule has 3 aromatic heterocycles. The maximum Gasteiger partial charge on any atom is 0.435 e. The van der Waals surface area contributed by atoms with Crippen LogP contribution in [0.25, 0.3) is 17.2 Å². The van der Waals surface area contributed by atoms with E-state index in [1.54, 1.807) is 31.4 Å². The average molecular weight is 374 g/mol. The van der Waals surface area contributed by atoms with Crippen LogP contribution in [0.5, 0.6) is 5.75 Å². The molecule has 0 aliphatic rings. The van der Waals surface area contributed by atoms with Crippen molar-refractivity contribution in [2.45, 2.75) is 6.18 Å². The Morgan fingerprint density at radius 2 is 1.93 bits per heavy atom. The van der Waals surface area contributed by atoms with Crippen molar-refractivity contribution < 1.29 is 17.9 Å². The van der Waals surface area contributed by atoms with E-state index in [0.717, 1.165) is 0 Å². The van der Waals surface area contributed by atoms with Gasteiger partial charge in [-0.3, -0.25) is 4.40 Å². The van der Waals surface area contributed by atoms with Crippen molar-refractivity contribution in [3.63, 3.8) is 0 Å². The summed E-state index contributed by atoms with van der Waals surface area (Å²) in [5.41, 5.74) is -0.312. The van der Waals surface area contributed by atoms with Gasteiger partial charge >= 0.3 is 6.18 Å². The van der Waals surface area contributed by atoms with Crippen molar-refractivity contribution in [2.24, 2.45) is 0 Å². The van der Waals surface area contributed by atoms with E-state index < -0.39 is 11.9 Å². The van der Waals surface area contributed by atoms with Crippen LogP contribution in [0.15, 0.2) is 48.9 Å². The third-order valence-electron chi connectivity index (χ3n) is 3.86. The first-order chi connectivity index (χ1) is 13.0. The Kier molecular flexibility index (Phi) is 3.94. The minimum Gasteiger partial charge on any atom is -0.497 e. The molecule has 0 radical (unpaired) electrons. The number of imidazole rings is 2. The molecule has 0 aliphatic carbocycles. The minimum absolute atomic E-state index is 0.0425. The highest BCUT2D eigenvalue weighted by atomic mass is 19.4. The fourth-order valence-electron chi connectivity index (χ4n) is 2.66. The van der Waals surface area contributed by atoms with Gasteiger partial charge in [0.15, 0.2) is 5.69 Å². The highest BCUT2D eigenvalue weighted by Gasteiger charge is 2.39. The molecule has 0 aliphatic heterocycles. The first-order valence-corrected chi connectivity index (χ1v) is 7.82. The number of hydrogen-bond donors (Lipinski definition) is 2. The zero-order chi connectivity index (χ0) is 19.0. The summed E-state index contributed by atoms with van der Waals surface area (Å²) in [4.78, 5) is 14.5. The van der Waals surface area contributed by atoms with Crippen LogP contribution in [0, 0.1) is 0 Å². The molecule has 4 rings (SSSR count). The Bertz CT molecular complexity index is 1080. The summed E-state index contributed by atoms with van der Waals surface area (Å²) in [6.45, 7) is 0. The van der Waals surface area contributed by atoms with Crippen LogP contribution in [-0.4, -0.2) is 31.4 Å². The highest BCUT2D eigenvalue weighted by Crippen LogP contribution is 2.36. The predicted octanol–water partition coefficient (Wildman–Crippen LogP) is 3.89. The summed E-state index contributed by atoms with van der Waals surface area (Å²) in [6.07, 6.45) is -0.456. The van der Waals surface area contributed by atoms with E-state index in [9.17, 15) is 13.2 Å². The number of aromatic amines is 1. The molecule has 0 spiro atoms. The van der Waals surface area contributed by atoms with E-state index in [-0.39, 0.29) is 17.2 Å². The van der Waals surface area contributed by atoms with Crippen molar-refractivity contribution in [1.82, 2.24) is 24.3 Å². The Hall–Kier alpha value is -3.56. The number of nitrogens with zero attached hydrogens (tertiary/aromatic N) is 4. The zero-order valence-corrected chi connectivity index (χ0v) is 13.9. The fourth-order valence-corrected chi connectivity index (χ4v) is 2.66. The fraction of sp³-hybridized carbons (Fsp3) is 0.118. The van der Waals surface area contributed by atoms with Crippen molar-refractivity contribution in [3.8, 4) is 17.1 Å². The molecule has 0 saturated heterocycles. The van der Waals surface area contributed by atoms with Gasteiger partial charge in [-0.15, -0.1) is 0 Å². The van der Waals surface area contributed by atoms with Gasteiger partial charge in [0.25, 0.3) is 0 Å². The summed E-state index contributed by atoms with van der Waals surface area (Å²) in [6, 6.07) is 8.57. The number of nitrogens with one attached hydrogen (secondary N) is 2. The first-order valence-electron chi connectivity index (χ1n) is 7.82. The average Bonchev–Trinajstić information content (AvgIpc) is 3.26. The number of anilines is 2. The lowest BCUT2D eigenvalue weighted by molar-refractivity contribution is -0.140. The van der Waals surface area contributed by atoms with Crippen LogP contribution in [-0.2, 0) is 6.18 Å². The van der Waals surface area contributed by atoms with Crippen LogP contribution < -0.4 is 10.1 Å². The number of halogens is 3. The van der Waals surface area contributed by atoms with Crippen LogP contribution in [0.1, 0.15) is 5.69 Å². The van der Waals surface area contributed by atoms with Gasteiger partial charge in [0.05, 0.1) is 19.0 Å². The molecule has 0 saturated carbocycles. The van der Waals surface area contributed by atoms with E-state index in [4.69, 9.17) is 4.74 Å². The topological polar surface area (TPSA) is 80.1 Å². The number of alkyl halides is 3. The van der Waals surface area contributed by atoms with Gasteiger partial charge in [0.2, 0.25) is 11.7 Å². The number of benzene rings is 1. The van der Waals surface area contributed by atoms with Gasteiger partial charge in [0.1, 0.15) is 11.4 Å². The molecule has 0 amide bonds. The minimum atomic E-state index is -4.63. The lowest BCUT2D eigenvalue weighted by Gasteiger charge is -2.06. The number of H-pyrrole nitrogens is 1. The molecule has 3 heterocycles. The lowest BCUT2D eigenvalue weighted by atomic mass is 10.2. The van der Waals surface area contributed by atoms with Crippen LogP contribution in [0.2, 0.25) is 0 Å². The lowest BCUT2D eigenvalue weighted by Crippen LogP contribution is -2.08. The molecule has 2 N–H and O–H groups in total. The van der Waals surface area contributed by atoms with Crippen molar-refractivity contribution in [2.75, 3.05) is 12.4 Å². The Morgan fingerprint density at radius 1 is 1.15 bits per heavy atom. The van der Waals surface area contributed by atoms with Gasteiger partial charge in [-0.2, -0.15) is 13.2 Å². The van der Waals surface area contributed by atoms with Crippen molar-refractivity contribution >= 4 is 17.4 Å². The number of rotatable bonds is 4. The second-order valence-corrected chi connectivity index (χ2v) is 5.60. The molecule has 7 nitrogen and oxygen atoms in total. The third-order valence-corrected chi connectivity index (χ3v) is 3.86. The summed E-state index contributed by atoms with van der Waals surface area (Å²) >= 11 is 0. The van der Waals surface area contributed by atoms with Crippen molar-refractivity contribution in [1.29, 1.82) is 0 Å². The molecule has 0 atom stereocenters. The standard InChI is InChI=1S/C17H13F3N6O/c1-27-11-5-3-10(4-6-11)23-15-22-9-12(24-15)13-14(17(18,19)20)25-16-21-7-2-8-26(13)16/h2-9H,1H3,(H2,22,23,24). The number of methoxy groups -OCH3 is 1. The molecule has 10 heteroatoms. The molecular formula is C17H13F3N6O. The largest absolute Gasteiger partial charge is 0.497 e. The second kappa shape index (κ2) is 6.31. The third kappa shape index (κ3) is 3.16. The summed E-state index contributed by atoms with van der Waals surface area (Å²) < 4.78 is 46.7. The summed E-state index contributed by atoms with van der Waals surface area (Å²) in [7, 11) is 1.56. The zero-order valence-electron chi connectivity index (χ0n) is 13.9. The first kappa shape index (κ1) is 16.9. The number of aromatic nitrogens is 5. The molecule has 138 valence electrons. The maximum absolute atomic E-state index is 13.4. The molecule has 27 heavy (non-hydrogen) atoms. The Labute approximate surface area is 150 Å². The maximum atomic E-state index is 13.4. The quantitative estimate of drug-likeness (QED) is 0.567. The van der Waals surface area contributed by atoms with E-state index >= 15 is 0 Å². The SMILES string of the molecule is COc1ccc(Nc2ncc(-c3c(C(F)(F)F)nc4ncccn34)[nH]2)cc1. The number of hydrogen-bond acceptors (Lipinski definition) is 5. The summed E-state index contributed by atoms with van der Waals surface area (Å²) in [5.74, 6) is 0.940. The molecule has 0 bridgehead atoms. The normalized spacial score (nSPS) is 11.7. The van der Waals surface area contributed by atoms with Crippen LogP contribution in [0.3, 0.4) is 0 Å². The van der Waals surface area contributed by atoms with Gasteiger partial charge in [-0.05, 0) is 30.3 Å². The van der Waals surface area contributed by atoms with Gasteiger partial charge < -0.3 is 15.0 Å². The van der Waals surface area contributed by atoms with Crippen LogP contribution in [0.4, 0.5) is 24.8 Å². The van der Waals surface area contributed by atoms with Gasteiger partial charge in [0, 0.05) is 18.1 Å². The predicted molar refractivity (Wildman–Crippen MR) is 91.8 cm³/mol. The van der Waals surface area contributed by atoms with Crippen LogP contribution >= 0.6 is 0 Å². The second-order valence-electron chi connectivity index (χ2n) is 5.60. The molecule has 4 aromatic rings. The smallest absolute Gasteiger partial charge is 0.435 e. The van der Waals surface area contributed by atoms with E-state index in [2.05, 4.69) is 25.3 Å². The highest BCUT2D eigenvalue weighted by molar-refractivity contribution is 5.66. The Balaban J connectivity index is 1.72. The monoisotopic (exact) mass is 374 g/mol. The van der Waals surface area contributed by atoms with Crippen molar-refractivity contribution in [3.05, 3.63) is 54.6 Å². The van der Waals surface area contributed by atoms with E-state index in [1.807, 2.05) is 0 Å². The van der Waals surface area contributed by atoms with E-state index in [0.29, 0.717) is 17.4 Å².